The quantitative estimate of drug-likeness (QED) is 0.741. The van der Waals surface area contributed by atoms with Crippen molar-refractivity contribution in [3.8, 4) is 0 Å². The van der Waals surface area contributed by atoms with E-state index in [0.717, 1.165) is 6.54 Å². The second-order valence-electron chi connectivity index (χ2n) is 4.93. The Morgan fingerprint density at radius 1 is 1.64 bits per heavy atom. The number of carbonyl (C=O) groups excluding carboxylic acids is 1. The summed E-state index contributed by atoms with van der Waals surface area (Å²) in [6.45, 7) is 8.76. The molecule has 4 heteroatoms. The van der Waals surface area contributed by atoms with Crippen LogP contribution in [0.25, 0.3) is 0 Å². The molecule has 1 aliphatic rings. The molecule has 0 bridgehead atoms. The van der Waals surface area contributed by atoms with Crippen LogP contribution in [-0.2, 0) is 4.74 Å². The highest BCUT2D eigenvalue weighted by Gasteiger charge is 2.29. The van der Waals surface area contributed by atoms with Crippen molar-refractivity contribution in [2.24, 2.45) is 17.1 Å². The summed E-state index contributed by atoms with van der Waals surface area (Å²) in [7, 11) is 0. The van der Waals surface area contributed by atoms with Crippen LogP contribution in [-0.4, -0.2) is 37.2 Å². The Hall–Kier alpha value is -0.770. The Balaban J connectivity index is 2.53. The van der Waals surface area contributed by atoms with Gasteiger partial charge in [-0.3, -0.25) is 0 Å². The molecular weight excluding hydrogens is 180 g/mol. The zero-order valence-electron chi connectivity index (χ0n) is 9.25. The Kier molecular flexibility index (Phi) is 3.37. The fraction of sp³-hybridized carbons (Fsp3) is 0.900. The predicted molar refractivity (Wildman–Crippen MR) is 54.9 cm³/mol. The lowest BCUT2D eigenvalue weighted by Gasteiger charge is -2.35. The molecule has 0 aromatic carbocycles. The first kappa shape index (κ1) is 11.3. The maximum absolute atomic E-state index is 11.4. The Morgan fingerprint density at radius 3 is 2.86 bits per heavy atom. The minimum atomic E-state index is -0.204. The third kappa shape index (κ3) is 2.87. The maximum Gasteiger partial charge on any atom is 0.409 e. The van der Waals surface area contributed by atoms with E-state index in [1.165, 1.54) is 0 Å². The highest BCUT2D eigenvalue weighted by molar-refractivity contribution is 5.68. The number of hydrogen-bond acceptors (Lipinski definition) is 3. The molecule has 0 aromatic heterocycles. The molecule has 1 amide bonds. The molecule has 82 valence electrons. The zero-order chi connectivity index (χ0) is 10.8. The molecule has 1 atom stereocenters. The number of cyclic esters (lactones) is 1. The molecule has 0 radical (unpaired) electrons. The van der Waals surface area contributed by atoms with E-state index in [1.54, 1.807) is 4.90 Å². The van der Waals surface area contributed by atoms with Crippen molar-refractivity contribution in [3.63, 3.8) is 0 Å². The van der Waals surface area contributed by atoms with Gasteiger partial charge in [0, 0.05) is 19.0 Å². The standard InChI is InChI=1S/C10H20N2O2/c1-8-4-12(9(13)14-5-8)7-10(2,3)6-11/h8H,4-7,11H2,1-3H3. The van der Waals surface area contributed by atoms with Crippen molar-refractivity contribution >= 4 is 6.09 Å². The molecule has 4 nitrogen and oxygen atoms in total. The second kappa shape index (κ2) is 4.17. The number of ether oxygens (including phenoxy) is 1. The van der Waals surface area contributed by atoms with Crippen LogP contribution in [0, 0.1) is 11.3 Å². The number of carbonyl (C=O) groups is 1. The van der Waals surface area contributed by atoms with Crippen molar-refractivity contribution in [3.05, 3.63) is 0 Å². The van der Waals surface area contributed by atoms with Crippen LogP contribution >= 0.6 is 0 Å². The fourth-order valence-corrected chi connectivity index (χ4v) is 1.52. The number of rotatable bonds is 3. The highest BCUT2D eigenvalue weighted by atomic mass is 16.6. The molecule has 1 saturated heterocycles. The third-order valence-electron chi connectivity index (χ3n) is 2.45. The number of hydrogen-bond donors (Lipinski definition) is 1. The first-order valence-electron chi connectivity index (χ1n) is 5.06. The van der Waals surface area contributed by atoms with Gasteiger partial charge in [-0.05, 0) is 12.0 Å². The molecule has 2 N–H and O–H groups in total. The van der Waals surface area contributed by atoms with Crippen LogP contribution < -0.4 is 5.73 Å². The molecule has 0 aliphatic carbocycles. The Bertz CT molecular complexity index is 216. The fourth-order valence-electron chi connectivity index (χ4n) is 1.52. The smallest absolute Gasteiger partial charge is 0.409 e. The zero-order valence-corrected chi connectivity index (χ0v) is 9.25. The van der Waals surface area contributed by atoms with Crippen molar-refractivity contribution in [2.45, 2.75) is 20.8 Å². The van der Waals surface area contributed by atoms with Gasteiger partial charge in [-0.25, -0.2) is 4.79 Å². The van der Waals surface area contributed by atoms with Crippen LogP contribution in [0.4, 0.5) is 4.79 Å². The summed E-state index contributed by atoms with van der Waals surface area (Å²) in [6.07, 6.45) is -0.204. The van der Waals surface area contributed by atoms with Gasteiger partial charge in [-0.1, -0.05) is 20.8 Å². The van der Waals surface area contributed by atoms with Gasteiger partial charge < -0.3 is 15.4 Å². The van der Waals surface area contributed by atoms with Crippen molar-refractivity contribution in [1.82, 2.24) is 4.90 Å². The molecule has 1 aliphatic heterocycles. The summed E-state index contributed by atoms with van der Waals surface area (Å²) >= 11 is 0. The lowest BCUT2D eigenvalue weighted by atomic mass is 9.92. The molecule has 0 saturated carbocycles. The van der Waals surface area contributed by atoms with E-state index in [-0.39, 0.29) is 11.5 Å². The summed E-state index contributed by atoms with van der Waals surface area (Å²) < 4.78 is 5.04. The first-order valence-corrected chi connectivity index (χ1v) is 5.06. The van der Waals surface area contributed by atoms with E-state index in [2.05, 4.69) is 20.8 Å². The van der Waals surface area contributed by atoms with Gasteiger partial charge in [0.15, 0.2) is 0 Å². The number of nitrogens with zero attached hydrogens (tertiary/aromatic N) is 1. The van der Waals surface area contributed by atoms with Crippen LogP contribution in [0.2, 0.25) is 0 Å². The topological polar surface area (TPSA) is 55.6 Å². The monoisotopic (exact) mass is 200 g/mol. The number of amides is 1. The molecule has 0 spiro atoms. The van der Waals surface area contributed by atoms with Gasteiger partial charge in [0.25, 0.3) is 0 Å². The van der Waals surface area contributed by atoms with Crippen molar-refractivity contribution < 1.29 is 9.53 Å². The van der Waals surface area contributed by atoms with Crippen LogP contribution in [0.1, 0.15) is 20.8 Å². The third-order valence-corrected chi connectivity index (χ3v) is 2.45. The summed E-state index contributed by atoms with van der Waals surface area (Å²) in [5.41, 5.74) is 5.59. The van der Waals surface area contributed by atoms with E-state index in [1.807, 2.05) is 0 Å². The largest absolute Gasteiger partial charge is 0.449 e. The molecule has 1 heterocycles. The lowest BCUT2D eigenvalue weighted by Crippen LogP contribution is -2.47. The van der Waals surface area contributed by atoms with E-state index in [0.29, 0.717) is 25.6 Å². The van der Waals surface area contributed by atoms with Gasteiger partial charge in [0.05, 0.1) is 6.61 Å². The second-order valence-corrected chi connectivity index (χ2v) is 4.93. The van der Waals surface area contributed by atoms with Crippen LogP contribution in [0.15, 0.2) is 0 Å². The lowest BCUT2D eigenvalue weighted by molar-refractivity contribution is 0.0348. The van der Waals surface area contributed by atoms with Crippen LogP contribution in [0.3, 0.4) is 0 Å². The minimum absolute atomic E-state index is 0.0317. The minimum Gasteiger partial charge on any atom is -0.449 e. The van der Waals surface area contributed by atoms with Gasteiger partial charge in [0.1, 0.15) is 0 Å². The first-order chi connectivity index (χ1) is 6.44. The molecule has 1 fully saturated rings. The maximum atomic E-state index is 11.4. The highest BCUT2D eigenvalue weighted by Crippen LogP contribution is 2.19. The van der Waals surface area contributed by atoms with Crippen LogP contribution in [0.5, 0.6) is 0 Å². The van der Waals surface area contributed by atoms with Gasteiger partial charge in [0.2, 0.25) is 0 Å². The van der Waals surface area contributed by atoms with E-state index in [9.17, 15) is 4.79 Å². The molecular formula is C10H20N2O2. The van der Waals surface area contributed by atoms with E-state index >= 15 is 0 Å². The predicted octanol–water partition coefficient (Wildman–Crippen LogP) is 1.06. The molecule has 1 unspecified atom stereocenters. The van der Waals surface area contributed by atoms with E-state index in [4.69, 9.17) is 10.5 Å². The summed E-state index contributed by atoms with van der Waals surface area (Å²) in [5, 5.41) is 0. The summed E-state index contributed by atoms with van der Waals surface area (Å²) in [4.78, 5) is 13.1. The molecule has 1 rings (SSSR count). The van der Waals surface area contributed by atoms with Gasteiger partial charge in [-0.15, -0.1) is 0 Å². The van der Waals surface area contributed by atoms with Crippen molar-refractivity contribution in [1.29, 1.82) is 0 Å². The normalized spacial score (nSPS) is 23.6. The summed E-state index contributed by atoms with van der Waals surface area (Å²) in [5.74, 6) is 0.418. The number of nitrogens with two attached hydrogens (primary N) is 1. The average molecular weight is 200 g/mol. The summed E-state index contributed by atoms with van der Waals surface area (Å²) in [6, 6.07) is 0. The van der Waals surface area contributed by atoms with Gasteiger partial charge >= 0.3 is 6.09 Å². The SMILES string of the molecule is CC1COC(=O)N(CC(C)(C)CN)C1. The van der Waals surface area contributed by atoms with E-state index < -0.39 is 0 Å². The Morgan fingerprint density at radius 2 is 2.29 bits per heavy atom. The average Bonchev–Trinajstić information content (AvgIpc) is 2.11. The van der Waals surface area contributed by atoms with Gasteiger partial charge in [-0.2, -0.15) is 0 Å². The molecule has 0 aromatic rings. The molecule has 14 heavy (non-hydrogen) atoms. The Labute approximate surface area is 85.4 Å². The van der Waals surface area contributed by atoms with Crippen molar-refractivity contribution in [2.75, 3.05) is 26.2 Å².